The fraction of sp³-hybridized carbons (Fsp3) is 0.333. The van der Waals surface area contributed by atoms with Gasteiger partial charge in [-0.1, -0.05) is 60.2 Å². The van der Waals surface area contributed by atoms with E-state index in [2.05, 4.69) is 6.07 Å². The first-order valence-corrected chi connectivity index (χ1v) is 12.4. The third-order valence-corrected chi connectivity index (χ3v) is 5.75. The van der Waals surface area contributed by atoms with Crippen LogP contribution in [0.15, 0.2) is 66.7 Å². The Morgan fingerprint density at radius 3 is 2.28 bits per heavy atom. The highest BCUT2D eigenvalue weighted by atomic mass is 16.6. The largest absolute Gasteiger partial charge is 0.493 e. The summed E-state index contributed by atoms with van der Waals surface area (Å²) in [6, 6.07) is 21.5. The molecule has 0 N–H and O–H groups in total. The molecule has 190 valence electrons. The Kier molecular flexibility index (Phi) is 9.92. The number of rotatable bonds is 11. The minimum absolute atomic E-state index is 0.182. The minimum atomic E-state index is -0.366. The number of nitrogens with zero attached hydrogens (tertiary/aromatic N) is 1. The van der Waals surface area contributed by atoms with Crippen molar-refractivity contribution in [3.05, 3.63) is 89.0 Å². The Labute approximate surface area is 213 Å². The summed E-state index contributed by atoms with van der Waals surface area (Å²) in [5, 5.41) is 0. The molecule has 0 radical (unpaired) electrons. The fourth-order valence-corrected chi connectivity index (χ4v) is 4.00. The summed E-state index contributed by atoms with van der Waals surface area (Å²) >= 11 is 0. The number of amides is 1. The molecule has 0 spiro atoms. The van der Waals surface area contributed by atoms with Gasteiger partial charge in [-0.05, 0) is 62.1 Å². The van der Waals surface area contributed by atoms with E-state index in [1.54, 1.807) is 11.8 Å². The smallest absolute Gasteiger partial charge is 0.410 e. The van der Waals surface area contributed by atoms with Crippen molar-refractivity contribution in [2.75, 3.05) is 19.8 Å². The van der Waals surface area contributed by atoms with E-state index < -0.39 is 0 Å². The van der Waals surface area contributed by atoms with Crippen LogP contribution in [-0.4, -0.2) is 36.7 Å². The van der Waals surface area contributed by atoms with Gasteiger partial charge in [-0.15, -0.1) is 0 Å². The predicted molar refractivity (Wildman–Crippen MR) is 141 cm³/mol. The molecule has 0 fully saturated rings. The second kappa shape index (κ2) is 13.3. The molecule has 0 bridgehead atoms. The molecule has 0 unspecified atom stereocenters. The van der Waals surface area contributed by atoms with E-state index in [9.17, 15) is 9.59 Å². The molecular formula is C30H35NO5. The SMILES string of the molecule is CCOC(=O)Cc1ccc(OCC)c(-c2ccc(C)cc2CN(CC)C(=O)OCc2ccccc2)c1. The summed E-state index contributed by atoms with van der Waals surface area (Å²) in [7, 11) is 0. The Balaban J connectivity index is 1.90. The average Bonchev–Trinajstić information content (AvgIpc) is 2.88. The number of hydrogen-bond acceptors (Lipinski definition) is 5. The number of carbonyl (C=O) groups excluding carboxylic acids is 2. The maximum atomic E-state index is 12.9. The predicted octanol–water partition coefficient (Wildman–Crippen LogP) is 6.33. The van der Waals surface area contributed by atoms with Gasteiger partial charge in [0.05, 0.1) is 19.6 Å². The molecule has 3 aromatic carbocycles. The zero-order valence-electron chi connectivity index (χ0n) is 21.6. The standard InChI is InChI=1S/C30H35NO5/c1-5-31(30(33)36-21-23-11-9-8-10-12-23)20-25-17-22(4)13-15-26(25)27-18-24(19-29(32)35-7-3)14-16-28(27)34-6-2/h8-18H,5-7,19-21H2,1-4H3. The average molecular weight is 490 g/mol. The van der Waals surface area contributed by atoms with Crippen LogP contribution in [-0.2, 0) is 33.8 Å². The van der Waals surface area contributed by atoms with Gasteiger partial charge in [0.1, 0.15) is 12.4 Å². The first kappa shape index (κ1) is 26.8. The van der Waals surface area contributed by atoms with Gasteiger partial charge in [0.25, 0.3) is 0 Å². The second-order valence-corrected chi connectivity index (χ2v) is 8.46. The maximum absolute atomic E-state index is 12.9. The molecular weight excluding hydrogens is 454 g/mol. The van der Waals surface area contributed by atoms with E-state index in [0.717, 1.165) is 39.1 Å². The van der Waals surface area contributed by atoms with Crippen LogP contribution in [0.1, 0.15) is 43.0 Å². The number of benzene rings is 3. The first-order valence-electron chi connectivity index (χ1n) is 12.4. The zero-order valence-corrected chi connectivity index (χ0v) is 21.6. The Morgan fingerprint density at radius 2 is 1.58 bits per heavy atom. The summed E-state index contributed by atoms with van der Waals surface area (Å²) in [5.74, 6) is 0.458. The fourth-order valence-electron chi connectivity index (χ4n) is 4.00. The number of esters is 1. The molecule has 0 heterocycles. The molecule has 0 aliphatic rings. The topological polar surface area (TPSA) is 65.1 Å². The number of hydrogen-bond donors (Lipinski definition) is 0. The highest BCUT2D eigenvalue weighted by molar-refractivity contribution is 5.78. The van der Waals surface area contributed by atoms with Crippen molar-refractivity contribution in [3.8, 4) is 16.9 Å². The molecule has 0 atom stereocenters. The Morgan fingerprint density at radius 1 is 0.806 bits per heavy atom. The van der Waals surface area contributed by atoms with Crippen molar-refractivity contribution in [3.63, 3.8) is 0 Å². The molecule has 0 saturated heterocycles. The summed E-state index contributed by atoms with van der Waals surface area (Å²) < 4.78 is 16.6. The number of carbonyl (C=O) groups is 2. The van der Waals surface area contributed by atoms with Crippen LogP contribution in [0.5, 0.6) is 5.75 Å². The van der Waals surface area contributed by atoms with E-state index in [1.165, 1.54) is 0 Å². The van der Waals surface area contributed by atoms with E-state index in [1.807, 2.05) is 81.4 Å². The summed E-state index contributed by atoms with van der Waals surface area (Å²) in [4.78, 5) is 26.7. The van der Waals surface area contributed by atoms with Gasteiger partial charge in [-0.25, -0.2) is 4.79 Å². The summed E-state index contributed by atoms with van der Waals surface area (Å²) in [5.41, 5.74) is 5.67. The van der Waals surface area contributed by atoms with Crippen LogP contribution in [0.25, 0.3) is 11.1 Å². The molecule has 36 heavy (non-hydrogen) atoms. The molecule has 0 saturated carbocycles. The minimum Gasteiger partial charge on any atom is -0.493 e. The van der Waals surface area contributed by atoms with Crippen molar-refractivity contribution < 1.29 is 23.8 Å². The van der Waals surface area contributed by atoms with Crippen LogP contribution in [0.3, 0.4) is 0 Å². The summed E-state index contributed by atoms with van der Waals surface area (Å²) in [6.07, 6.45) is -0.184. The van der Waals surface area contributed by atoms with Crippen molar-refractivity contribution in [2.45, 2.75) is 47.3 Å². The van der Waals surface area contributed by atoms with E-state index in [4.69, 9.17) is 14.2 Å². The third kappa shape index (κ3) is 7.35. The lowest BCUT2D eigenvalue weighted by atomic mass is 9.94. The third-order valence-electron chi connectivity index (χ3n) is 5.75. The second-order valence-electron chi connectivity index (χ2n) is 8.46. The van der Waals surface area contributed by atoms with E-state index in [0.29, 0.717) is 26.3 Å². The van der Waals surface area contributed by atoms with Gasteiger partial charge in [0.15, 0.2) is 0 Å². The molecule has 1 amide bonds. The van der Waals surface area contributed by atoms with E-state index >= 15 is 0 Å². The highest BCUT2D eigenvalue weighted by Gasteiger charge is 2.19. The van der Waals surface area contributed by atoms with Gasteiger partial charge < -0.3 is 19.1 Å². The van der Waals surface area contributed by atoms with Gasteiger partial charge >= 0.3 is 12.1 Å². The van der Waals surface area contributed by atoms with Crippen molar-refractivity contribution in [1.29, 1.82) is 0 Å². The van der Waals surface area contributed by atoms with Crippen molar-refractivity contribution in [1.82, 2.24) is 4.90 Å². The molecule has 3 aromatic rings. The lowest BCUT2D eigenvalue weighted by Crippen LogP contribution is -2.31. The molecule has 0 aliphatic heterocycles. The van der Waals surface area contributed by atoms with Crippen molar-refractivity contribution in [2.24, 2.45) is 0 Å². The van der Waals surface area contributed by atoms with Crippen LogP contribution in [0.4, 0.5) is 4.79 Å². The Bertz CT molecular complexity index is 1160. The molecule has 0 aromatic heterocycles. The molecule has 0 aliphatic carbocycles. The van der Waals surface area contributed by atoms with Gasteiger partial charge in [-0.2, -0.15) is 0 Å². The summed E-state index contributed by atoms with van der Waals surface area (Å²) in [6.45, 7) is 9.66. The van der Waals surface area contributed by atoms with Crippen LogP contribution < -0.4 is 4.74 Å². The van der Waals surface area contributed by atoms with Crippen LogP contribution in [0.2, 0.25) is 0 Å². The molecule has 6 heteroatoms. The molecule has 3 rings (SSSR count). The number of ether oxygens (including phenoxy) is 3. The zero-order chi connectivity index (χ0) is 25.9. The van der Waals surface area contributed by atoms with Gasteiger partial charge in [-0.3, -0.25) is 4.79 Å². The maximum Gasteiger partial charge on any atom is 0.410 e. The quantitative estimate of drug-likeness (QED) is 0.295. The van der Waals surface area contributed by atoms with Gasteiger partial charge in [0, 0.05) is 18.7 Å². The van der Waals surface area contributed by atoms with Gasteiger partial charge in [0.2, 0.25) is 0 Å². The van der Waals surface area contributed by atoms with Crippen molar-refractivity contribution >= 4 is 12.1 Å². The lowest BCUT2D eigenvalue weighted by Gasteiger charge is -2.23. The highest BCUT2D eigenvalue weighted by Crippen LogP contribution is 2.35. The Hall–Kier alpha value is -3.80. The van der Waals surface area contributed by atoms with E-state index in [-0.39, 0.29) is 25.1 Å². The van der Waals surface area contributed by atoms with Crippen LogP contribution >= 0.6 is 0 Å². The van der Waals surface area contributed by atoms with Crippen LogP contribution in [0, 0.1) is 6.92 Å². The normalized spacial score (nSPS) is 10.6. The molecule has 6 nitrogen and oxygen atoms in total. The lowest BCUT2D eigenvalue weighted by molar-refractivity contribution is -0.142. The monoisotopic (exact) mass is 489 g/mol. The number of aryl methyl sites for hydroxylation is 1. The first-order chi connectivity index (χ1) is 17.4.